The average molecular weight is 481 g/mol. The first-order valence-corrected chi connectivity index (χ1v) is 12.8. The summed E-state index contributed by atoms with van der Waals surface area (Å²) in [6.07, 6.45) is 2.93. The lowest BCUT2D eigenvalue weighted by Gasteiger charge is -2.39. The van der Waals surface area contributed by atoms with E-state index in [-0.39, 0.29) is 11.8 Å². The predicted octanol–water partition coefficient (Wildman–Crippen LogP) is 2.63. The number of benzene rings is 2. The van der Waals surface area contributed by atoms with Crippen molar-refractivity contribution < 1.29 is 14.3 Å². The smallest absolute Gasteiger partial charge is 0.239 e. The number of methoxy groups -OCH3 is 2. The molecule has 0 aromatic heterocycles. The van der Waals surface area contributed by atoms with Gasteiger partial charge in [0.05, 0.1) is 20.3 Å². The number of ether oxygens (including phenoxy) is 2. The molecule has 2 aromatic rings. The Balaban J connectivity index is 1.20. The largest absolute Gasteiger partial charge is 0.496 e. The third-order valence-corrected chi connectivity index (χ3v) is 7.59. The zero-order valence-corrected chi connectivity index (χ0v) is 21.2. The van der Waals surface area contributed by atoms with Gasteiger partial charge < -0.3 is 25.0 Å². The van der Waals surface area contributed by atoms with E-state index in [2.05, 4.69) is 28.0 Å². The molecule has 0 aliphatic carbocycles. The van der Waals surface area contributed by atoms with Crippen LogP contribution in [0.4, 0.5) is 0 Å². The summed E-state index contributed by atoms with van der Waals surface area (Å²) in [4.78, 5) is 20.0. The highest BCUT2D eigenvalue weighted by Crippen LogP contribution is 2.24. The SMILES string of the molecule is COc1ccccc1CCN1CCC([C@@H](N)C(=O)N2CCN(Cc3ccccc3OC)CC2)CC1. The Hall–Kier alpha value is -2.61. The Bertz CT molecular complexity index is 953. The molecule has 0 radical (unpaired) electrons. The van der Waals surface area contributed by atoms with Gasteiger partial charge >= 0.3 is 0 Å². The summed E-state index contributed by atoms with van der Waals surface area (Å²) in [5.74, 6) is 2.26. The molecule has 2 N–H and O–H groups in total. The summed E-state index contributed by atoms with van der Waals surface area (Å²) in [6, 6.07) is 16.0. The van der Waals surface area contributed by atoms with E-state index in [0.29, 0.717) is 0 Å². The van der Waals surface area contributed by atoms with Gasteiger partial charge in [-0.25, -0.2) is 0 Å². The van der Waals surface area contributed by atoms with Gasteiger partial charge in [0.25, 0.3) is 0 Å². The fourth-order valence-corrected chi connectivity index (χ4v) is 5.34. The first-order valence-electron chi connectivity index (χ1n) is 12.8. The molecule has 7 heteroatoms. The van der Waals surface area contributed by atoms with E-state index in [0.717, 1.165) is 83.1 Å². The van der Waals surface area contributed by atoms with Crippen LogP contribution in [0.5, 0.6) is 11.5 Å². The second-order valence-corrected chi connectivity index (χ2v) is 9.68. The molecule has 2 saturated heterocycles. The number of rotatable bonds is 9. The first-order chi connectivity index (χ1) is 17.1. The minimum absolute atomic E-state index is 0.120. The average Bonchev–Trinajstić information content (AvgIpc) is 2.92. The van der Waals surface area contributed by atoms with E-state index in [4.69, 9.17) is 15.2 Å². The Kier molecular flexibility index (Phi) is 9.01. The fourth-order valence-electron chi connectivity index (χ4n) is 5.34. The second kappa shape index (κ2) is 12.4. The molecule has 2 heterocycles. The van der Waals surface area contributed by atoms with Crippen LogP contribution in [-0.4, -0.2) is 86.7 Å². The molecule has 2 aliphatic rings. The number of hydrogen-bond acceptors (Lipinski definition) is 6. The Morgan fingerprint density at radius 1 is 0.857 bits per heavy atom. The third kappa shape index (κ3) is 6.54. The van der Waals surface area contributed by atoms with Crippen LogP contribution < -0.4 is 15.2 Å². The zero-order valence-electron chi connectivity index (χ0n) is 21.2. The van der Waals surface area contributed by atoms with E-state index in [1.165, 1.54) is 11.1 Å². The number of piperidine rings is 1. The van der Waals surface area contributed by atoms with E-state index in [9.17, 15) is 4.79 Å². The van der Waals surface area contributed by atoms with Crippen molar-refractivity contribution >= 4 is 5.91 Å². The summed E-state index contributed by atoms with van der Waals surface area (Å²) in [5, 5.41) is 0. The third-order valence-electron chi connectivity index (χ3n) is 7.59. The van der Waals surface area contributed by atoms with Crippen molar-refractivity contribution in [3.05, 3.63) is 59.7 Å². The van der Waals surface area contributed by atoms with Crippen LogP contribution in [0.1, 0.15) is 24.0 Å². The van der Waals surface area contributed by atoms with Gasteiger partial charge in [0.15, 0.2) is 0 Å². The van der Waals surface area contributed by atoms with Crippen LogP contribution in [0.3, 0.4) is 0 Å². The number of para-hydroxylation sites is 2. The second-order valence-electron chi connectivity index (χ2n) is 9.68. The van der Waals surface area contributed by atoms with Gasteiger partial charge in [-0.2, -0.15) is 0 Å². The van der Waals surface area contributed by atoms with Crippen molar-refractivity contribution in [2.24, 2.45) is 11.7 Å². The van der Waals surface area contributed by atoms with E-state index < -0.39 is 6.04 Å². The monoisotopic (exact) mass is 480 g/mol. The standard InChI is InChI=1S/C28H40N4O3/c1-34-25-9-5-3-7-22(25)11-14-30-15-12-23(13-16-30)27(29)28(33)32-19-17-31(18-20-32)21-24-8-4-6-10-26(24)35-2/h3-10,23,27H,11-21,29H2,1-2H3/t27-/m1/s1. The molecule has 7 nitrogen and oxygen atoms in total. The van der Waals surface area contributed by atoms with Gasteiger partial charge in [0, 0.05) is 44.8 Å². The number of piperazine rings is 1. The van der Waals surface area contributed by atoms with Crippen molar-refractivity contribution in [1.29, 1.82) is 0 Å². The van der Waals surface area contributed by atoms with Gasteiger partial charge in [-0.05, 0) is 56.0 Å². The van der Waals surface area contributed by atoms with Crippen LogP contribution in [0.2, 0.25) is 0 Å². The molecule has 190 valence electrons. The lowest BCUT2D eigenvalue weighted by atomic mass is 9.88. The summed E-state index contributed by atoms with van der Waals surface area (Å²) in [7, 11) is 3.44. The molecule has 2 fully saturated rings. The summed E-state index contributed by atoms with van der Waals surface area (Å²) >= 11 is 0. The molecule has 2 aliphatic heterocycles. The topological polar surface area (TPSA) is 71.3 Å². The number of nitrogens with zero attached hydrogens (tertiary/aromatic N) is 3. The number of carbonyl (C=O) groups is 1. The van der Waals surface area contributed by atoms with Crippen LogP contribution in [0.25, 0.3) is 0 Å². The summed E-state index contributed by atoms with van der Waals surface area (Å²) in [6.45, 7) is 7.02. The molecule has 0 bridgehead atoms. The molecule has 1 amide bonds. The maximum atomic E-state index is 13.2. The zero-order chi connectivity index (χ0) is 24.6. The van der Waals surface area contributed by atoms with E-state index in [1.54, 1.807) is 14.2 Å². The Morgan fingerprint density at radius 2 is 1.43 bits per heavy atom. The fraction of sp³-hybridized carbons (Fsp3) is 0.536. The molecule has 35 heavy (non-hydrogen) atoms. The van der Waals surface area contributed by atoms with Crippen molar-refractivity contribution in [2.45, 2.75) is 31.8 Å². The quantitative estimate of drug-likeness (QED) is 0.595. The van der Waals surface area contributed by atoms with Gasteiger partial charge in [0.2, 0.25) is 5.91 Å². The van der Waals surface area contributed by atoms with Gasteiger partial charge in [-0.1, -0.05) is 36.4 Å². The van der Waals surface area contributed by atoms with Crippen molar-refractivity contribution in [3.63, 3.8) is 0 Å². The van der Waals surface area contributed by atoms with Gasteiger partial charge in [0.1, 0.15) is 11.5 Å². The predicted molar refractivity (Wildman–Crippen MR) is 139 cm³/mol. The highest BCUT2D eigenvalue weighted by molar-refractivity contribution is 5.82. The van der Waals surface area contributed by atoms with E-state index in [1.807, 2.05) is 35.2 Å². The molecular weight excluding hydrogens is 440 g/mol. The number of amides is 1. The molecular formula is C28H40N4O3. The highest BCUT2D eigenvalue weighted by Gasteiger charge is 2.32. The lowest BCUT2D eigenvalue weighted by Crippen LogP contribution is -2.55. The minimum Gasteiger partial charge on any atom is -0.496 e. The van der Waals surface area contributed by atoms with Crippen LogP contribution in [-0.2, 0) is 17.8 Å². The van der Waals surface area contributed by atoms with Crippen LogP contribution in [0.15, 0.2) is 48.5 Å². The minimum atomic E-state index is -0.396. The van der Waals surface area contributed by atoms with Crippen molar-refractivity contribution in [2.75, 3.05) is 60.0 Å². The lowest BCUT2D eigenvalue weighted by molar-refractivity contribution is -0.136. The maximum Gasteiger partial charge on any atom is 0.239 e. The van der Waals surface area contributed by atoms with E-state index >= 15 is 0 Å². The number of nitrogens with two attached hydrogens (primary N) is 1. The molecule has 0 unspecified atom stereocenters. The normalized spacial score (nSPS) is 18.9. The first kappa shape index (κ1) is 25.5. The molecule has 0 spiro atoms. The molecule has 2 aromatic carbocycles. The molecule has 4 rings (SSSR count). The van der Waals surface area contributed by atoms with Crippen LogP contribution in [0, 0.1) is 5.92 Å². The van der Waals surface area contributed by atoms with Gasteiger partial charge in [-0.3, -0.25) is 9.69 Å². The maximum absolute atomic E-state index is 13.2. The van der Waals surface area contributed by atoms with Crippen molar-refractivity contribution in [3.8, 4) is 11.5 Å². The Labute approximate surface area is 209 Å². The Morgan fingerprint density at radius 3 is 2.06 bits per heavy atom. The van der Waals surface area contributed by atoms with Crippen molar-refractivity contribution in [1.82, 2.24) is 14.7 Å². The molecule has 0 saturated carbocycles. The summed E-state index contributed by atoms with van der Waals surface area (Å²) in [5.41, 5.74) is 8.94. The molecule has 1 atom stereocenters. The summed E-state index contributed by atoms with van der Waals surface area (Å²) < 4.78 is 11.0. The highest BCUT2D eigenvalue weighted by atomic mass is 16.5. The number of hydrogen-bond donors (Lipinski definition) is 1. The van der Waals surface area contributed by atoms with Crippen LogP contribution >= 0.6 is 0 Å². The number of carbonyl (C=O) groups excluding carboxylic acids is 1. The van der Waals surface area contributed by atoms with Gasteiger partial charge in [-0.15, -0.1) is 0 Å². The number of likely N-dealkylation sites (tertiary alicyclic amines) is 1.